The minimum Gasteiger partial charge on any atom is -0.372 e. The van der Waals surface area contributed by atoms with Gasteiger partial charge in [-0.25, -0.2) is 4.79 Å². The third-order valence-corrected chi connectivity index (χ3v) is 6.73. The molecule has 0 unspecified atom stereocenters. The van der Waals surface area contributed by atoms with Crippen molar-refractivity contribution in [3.8, 4) is 0 Å². The number of amides is 1. The third kappa shape index (κ3) is 4.28. The molecule has 0 aliphatic carbocycles. The van der Waals surface area contributed by atoms with Crippen LogP contribution in [-0.4, -0.2) is 57.8 Å². The van der Waals surface area contributed by atoms with Crippen LogP contribution >= 0.6 is 0 Å². The summed E-state index contributed by atoms with van der Waals surface area (Å²) in [6, 6.07) is 6.25. The molecule has 3 heterocycles. The van der Waals surface area contributed by atoms with Crippen molar-refractivity contribution in [2.24, 2.45) is 0 Å². The average Bonchev–Trinajstić information content (AvgIpc) is 3.36. The first-order valence-electron chi connectivity index (χ1n) is 10.7. The highest BCUT2D eigenvalue weighted by Crippen LogP contribution is 2.40. The lowest BCUT2D eigenvalue weighted by Gasteiger charge is -2.45. The number of rotatable bonds is 3. The maximum absolute atomic E-state index is 13.3. The van der Waals surface area contributed by atoms with Gasteiger partial charge in [0, 0.05) is 44.5 Å². The molecule has 0 radical (unpaired) electrons. The molecule has 168 valence electrons. The van der Waals surface area contributed by atoms with Gasteiger partial charge in [0.25, 0.3) is 0 Å². The van der Waals surface area contributed by atoms with Crippen LogP contribution in [0.2, 0.25) is 0 Å². The number of nitrogens with one attached hydrogen (secondary N) is 1. The van der Waals surface area contributed by atoms with Crippen molar-refractivity contribution >= 4 is 11.8 Å². The number of aromatic nitrogens is 2. The lowest BCUT2D eigenvalue weighted by molar-refractivity contribution is -0.138. The van der Waals surface area contributed by atoms with E-state index in [-0.39, 0.29) is 17.1 Å². The molecule has 1 aromatic heterocycles. The molecule has 2 fully saturated rings. The number of benzene rings is 1. The Bertz CT molecular complexity index is 947. The van der Waals surface area contributed by atoms with Crippen LogP contribution in [0, 0.1) is 6.92 Å². The van der Waals surface area contributed by atoms with E-state index >= 15 is 0 Å². The number of carbonyl (C=O) groups is 1. The molecule has 0 saturated carbocycles. The zero-order valence-electron chi connectivity index (χ0n) is 17.9. The smallest absolute Gasteiger partial charge is 0.372 e. The van der Waals surface area contributed by atoms with E-state index in [1.54, 1.807) is 31.4 Å². The second-order valence-corrected chi connectivity index (χ2v) is 8.56. The number of aryl methyl sites for hydroxylation is 1. The predicted molar refractivity (Wildman–Crippen MR) is 112 cm³/mol. The van der Waals surface area contributed by atoms with E-state index in [4.69, 9.17) is 0 Å². The van der Waals surface area contributed by atoms with Crippen molar-refractivity contribution in [1.82, 2.24) is 19.6 Å². The van der Waals surface area contributed by atoms with E-state index in [0.717, 1.165) is 32.2 Å². The van der Waals surface area contributed by atoms with Crippen LogP contribution in [0.1, 0.15) is 42.4 Å². The molecule has 1 aromatic carbocycles. The molecule has 0 atom stereocenters. The van der Waals surface area contributed by atoms with Crippen LogP contribution in [0.15, 0.2) is 30.5 Å². The maximum Gasteiger partial charge on any atom is 0.416 e. The quantitative estimate of drug-likeness (QED) is 0.779. The highest BCUT2D eigenvalue weighted by Gasteiger charge is 2.44. The minimum absolute atomic E-state index is 0.0552. The molecule has 2 aromatic rings. The Morgan fingerprint density at radius 3 is 2.55 bits per heavy atom. The van der Waals surface area contributed by atoms with E-state index in [1.165, 1.54) is 17.7 Å². The molecule has 1 spiro atoms. The summed E-state index contributed by atoms with van der Waals surface area (Å²) in [5.74, 6) is 0.639. The standard InChI is InChI=1S/C22H28F3N5O/c1-16-4-5-17(14-18(16)22(23,24)25)15-29-10-3-7-21(29)8-12-28(13-9-21)20(31)30-11-6-19(26-2)27-30/h4-6,11,14H,3,7-10,12-13,15H2,1-2H3,(H,26,27). The van der Waals surface area contributed by atoms with Crippen molar-refractivity contribution in [3.63, 3.8) is 0 Å². The molecule has 1 N–H and O–H groups in total. The summed E-state index contributed by atoms with van der Waals surface area (Å²) < 4.78 is 41.3. The number of alkyl halides is 3. The van der Waals surface area contributed by atoms with Gasteiger partial charge in [0.15, 0.2) is 0 Å². The van der Waals surface area contributed by atoms with Gasteiger partial charge in [-0.3, -0.25) is 4.90 Å². The van der Waals surface area contributed by atoms with Gasteiger partial charge in [-0.2, -0.15) is 17.9 Å². The fraction of sp³-hybridized carbons (Fsp3) is 0.545. The molecule has 2 saturated heterocycles. The van der Waals surface area contributed by atoms with E-state index in [1.807, 2.05) is 4.90 Å². The van der Waals surface area contributed by atoms with Gasteiger partial charge < -0.3 is 10.2 Å². The summed E-state index contributed by atoms with van der Waals surface area (Å²) in [5, 5.41) is 7.12. The topological polar surface area (TPSA) is 53.4 Å². The van der Waals surface area contributed by atoms with Crippen molar-refractivity contribution in [3.05, 3.63) is 47.2 Å². The van der Waals surface area contributed by atoms with Crippen LogP contribution in [0.25, 0.3) is 0 Å². The summed E-state index contributed by atoms with van der Waals surface area (Å²) >= 11 is 0. The normalized spacial score (nSPS) is 19.2. The molecule has 9 heteroatoms. The number of hydrogen-bond acceptors (Lipinski definition) is 4. The number of nitrogens with zero attached hydrogens (tertiary/aromatic N) is 4. The van der Waals surface area contributed by atoms with E-state index < -0.39 is 11.7 Å². The Morgan fingerprint density at radius 1 is 1.16 bits per heavy atom. The molecular weight excluding hydrogens is 407 g/mol. The van der Waals surface area contributed by atoms with Gasteiger partial charge >= 0.3 is 12.2 Å². The first kappa shape index (κ1) is 21.7. The van der Waals surface area contributed by atoms with Gasteiger partial charge in [0.2, 0.25) is 0 Å². The highest BCUT2D eigenvalue weighted by atomic mass is 19.4. The molecule has 0 bridgehead atoms. The number of hydrogen-bond donors (Lipinski definition) is 1. The number of piperidine rings is 1. The number of anilines is 1. The second-order valence-electron chi connectivity index (χ2n) is 8.56. The molecule has 1 amide bonds. The van der Waals surface area contributed by atoms with Crippen molar-refractivity contribution in [2.45, 2.75) is 50.9 Å². The third-order valence-electron chi connectivity index (χ3n) is 6.73. The molecule has 4 rings (SSSR count). The highest BCUT2D eigenvalue weighted by molar-refractivity contribution is 5.76. The summed E-state index contributed by atoms with van der Waals surface area (Å²) in [5.41, 5.74) is 0.326. The number of likely N-dealkylation sites (tertiary alicyclic amines) is 2. The van der Waals surface area contributed by atoms with Crippen molar-refractivity contribution in [2.75, 3.05) is 32.0 Å². The van der Waals surface area contributed by atoms with Gasteiger partial charge in [-0.1, -0.05) is 12.1 Å². The van der Waals surface area contributed by atoms with Crippen LogP contribution in [0.4, 0.5) is 23.8 Å². The van der Waals surface area contributed by atoms with Crippen LogP contribution in [0.5, 0.6) is 0 Å². The molecule has 6 nitrogen and oxygen atoms in total. The first-order chi connectivity index (χ1) is 14.7. The van der Waals surface area contributed by atoms with Crippen LogP contribution in [-0.2, 0) is 12.7 Å². The Balaban J connectivity index is 1.44. The van der Waals surface area contributed by atoms with E-state index in [9.17, 15) is 18.0 Å². The van der Waals surface area contributed by atoms with E-state index in [0.29, 0.717) is 31.0 Å². The fourth-order valence-corrected chi connectivity index (χ4v) is 4.92. The van der Waals surface area contributed by atoms with Gasteiger partial charge in [0.1, 0.15) is 5.82 Å². The summed E-state index contributed by atoms with van der Waals surface area (Å²) in [7, 11) is 1.75. The van der Waals surface area contributed by atoms with Gasteiger partial charge in [-0.15, -0.1) is 5.10 Å². The average molecular weight is 435 g/mol. The van der Waals surface area contributed by atoms with Crippen LogP contribution in [0.3, 0.4) is 0 Å². The Kier molecular flexibility index (Phi) is 5.72. The largest absolute Gasteiger partial charge is 0.416 e. The van der Waals surface area contributed by atoms with Gasteiger partial charge in [0.05, 0.1) is 5.56 Å². The molecule has 31 heavy (non-hydrogen) atoms. The SMILES string of the molecule is CNc1ccn(C(=O)N2CCC3(CCCN3Cc3ccc(C)c(C(F)(F)F)c3)CC2)n1. The predicted octanol–water partition coefficient (Wildman–Crippen LogP) is 4.35. The van der Waals surface area contributed by atoms with Crippen molar-refractivity contribution in [1.29, 1.82) is 0 Å². The summed E-state index contributed by atoms with van der Waals surface area (Å²) in [4.78, 5) is 16.9. The number of halogens is 3. The first-order valence-corrected chi connectivity index (χ1v) is 10.7. The second kappa shape index (κ2) is 8.18. The molecule has 2 aliphatic rings. The maximum atomic E-state index is 13.3. The Morgan fingerprint density at radius 2 is 1.90 bits per heavy atom. The Labute approximate surface area is 180 Å². The number of carbonyl (C=O) groups excluding carboxylic acids is 1. The minimum atomic E-state index is -4.34. The van der Waals surface area contributed by atoms with Gasteiger partial charge in [-0.05, 0) is 56.3 Å². The van der Waals surface area contributed by atoms with Crippen molar-refractivity contribution < 1.29 is 18.0 Å². The lowest BCUT2D eigenvalue weighted by Crippen LogP contribution is -2.53. The fourth-order valence-electron chi connectivity index (χ4n) is 4.92. The zero-order valence-corrected chi connectivity index (χ0v) is 17.9. The van der Waals surface area contributed by atoms with E-state index in [2.05, 4.69) is 15.3 Å². The summed E-state index contributed by atoms with van der Waals surface area (Å²) in [6.45, 7) is 4.10. The van der Waals surface area contributed by atoms with Crippen LogP contribution < -0.4 is 5.32 Å². The zero-order chi connectivity index (χ0) is 22.2. The Hall–Kier alpha value is -2.55. The lowest BCUT2D eigenvalue weighted by atomic mass is 9.84. The molecular formula is C22H28F3N5O. The summed E-state index contributed by atoms with van der Waals surface area (Å²) in [6.07, 6.45) is 0.979. The molecule has 2 aliphatic heterocycles. The monoisotopic (exact) mass is 435 g/mol.